The molecule has 1 nitrogen and oxygen atoms in total. The highest BCUT2D eigenvalue weighted by Gasteiger charge is 2.38. The number of hydrogen-bond acceptors (Lipinski definition) is 1. The average Bonchev–Trinajstić information content (AvgIpc) is 2.39. The molecule has 2 aromatic rings. The summed E-state index contributed by atoms with van der Waals surface area (Å²) in [4.78, 5) is 0. The number of alkyl halides is 3. The fourth-order valence-corrected chi connectivity index (χ4v) is 2.88. The van der Waals surface area contributed by atoms with Gasteiger partial charge in [0.25, 0.3) is 0 Å². The summed E-state index contributed by atoms with van der Waals surface area (Å²) in [7, 11) is 0. The van der Waals surface area contributed by atoms with Crippen LogP contribution in [0, 0.1) is 0 Å². The molecule has 0 aliphatic heterocycles. The molecule has 104 valence electrons. The lowest BCUT2D eigenvalue weighted by atomic mass is 9.71. The highest BCUT2D eigenvalue weighted by molar-refractivity contribution is 5.44. The summed E-state index contributed by atoms with van der Waals surface area (Å²) in [6.45, 7) is 0. The molecule has 4 heteroatoms. The van der Waals surface area contributed by atoms with Crippen molar-refractivity contribution in [1.82, 2.24) is 0 Å². The Kier molecular flexibility index (Phi) is 3.05. The Bertz CT molecular complexity index is 634. The average molecular weight is 277 g/mol. The van der Waals surface area contributed by atoms with Crippen LogP contribution in [0.1, 0.15) is 34.2 Å². The minimum absolute atomic E-state index is 0.0327. The van der Waals surface area contributed by atoms with E-state index >= 15 is 0 Å². The number of nitrogens with two attached hydrogens (primary N) is 1. The van der Waals surface area contributed by atoms with E-state index in [1.165, 1.54) is 17.7 Å². The summed E-state index contributed by atoms with van der Waals surface area (Å²) in [5.74, 6) is -0.0327. The van der Waals surface area contributed by atoms with Crippen LogP contribution in [0.2, 0.25) is 0 Å². The van der Waals surface area contributed by atoms with Crippen LogP contribution in [0.5, 0.6) is 0 Å². The second-order valence-corrected chi connectivity index (χ2v) is 5.12. The van der Waals surface area contributed by atoms with Gasteiger partial charge in [-0.1, -0.05) is 42.5 Å². The summed E-state index contributed by atoms with van der Waals surface area (Å²) in [5, 5.41) is 0. The Morgan fingerprint density at radius 2 is 1.65 bits per heavy atom. The van der Waals surface area contributed by atoms with Gasteiger partial charge in [-0.2, -0.15) is 13.2 Å². The molecule has 0 amide bonds. The van der Waals surface area contributed by atoms with E-state index in [9.17, 15) is 13.2 Å². The summed E-state index contributed by atoms with van der Waals surface area (Å²) in [6.07, 6.45) is -3.62. The fourth-order valence-electron chi connectivity index (χ4n) is 2.88. The van der Waals surface area contributed by atoms with Gasteiger partial charge in [0.15, 0.2) is 0 Å². The third kappa shape index (κ3) is 2.10. The second-order valence-electron chi connectivity index (χ2n) is 5.12. The predicted octanol–water partition coefficient (Wildman–Crippen LogP) is 4.05. The van der Waals surface area contributed by atoms with E-state index in [1.54, 1.807) is 6.07 Å². The van der Waals surface area contributed by atoms with E-state index in [0.717, 1.165) is 18.1 Å². The lowest BCUT2D eigenvalue weighted by Gasteiger charge is -2.35. The Morgan fingerprint density at radius 1 is 1.00 bits per heavy atom. The number of fused-ring (bicyclic) bond motifs is 1. The molecule has 0 bridgehead atoms. The normalized spacial score (nSPS) is 19.1. The van der Waals surface area contributed by atoms with E-state index in [4.69, 9.17) is 5.73 Å². The zero-order chi connectivity index (χ0) is 14.3. The van der Waals surface area contributed by atoms with E-state index in [1.807, 2.05) is 24.3 Å². The number of rotatable bonds is 2. The molecular formula is C16H14F3N. The van der Waals surface area contributed by atoms with Crippen molar-refractivity contribution < 1.29 is 13.2 Å². The molecular weight excluding hydrogens is 263 g/mol. The zero-order valence-corrected chi connectivity index (χ0v) is 10.7. The maximum absolute atomic E-state index is 13.0. The van der Waals surface area contributed by atoms with Crippen LogP contribution in [0.4, 0.5) is 13.2 Å². The standard InChI is InChI=1S/C16H14F3N/c17-16(18,19)14-8-4-3-7-12(14)15(20)13-9-10-5-1-2-6-11(10)13/h1-8,13,15H,9,20H2. The molecule has 1 aliphatic carbocycles. The van der Waals surface area contributed by atoms with Gasteiger partial charge >= 0.3 is 6.18 Å². The second kappa shape index (κ2) is 4.63. The van der Waals surface area contributed by atoms with Crippen molar-refractivity contribution in [2.24, 2.45) is 5.73 Å². The smallest absolute Gasteiger partial charge is 0.323 e. The van der Waals surface area contributed by atoms with Crippen molar-refractivity contribution in [3.63, 3.8) is 0 Å². The molecule has 0 radical (unpaired) electrons. The molecule has 2 N–H and O–H groups in total. The Balaban J connectivity index is 1.96. The van der Waals surface area contributed by atoms with Crippen molar-refractivity contribution in [3.8, 4) is 0 Å². The van der Waals surface area contributed by atoms with Crippen LogP contribution in [0.25, 0.3) is 0 Å². The molecule has 0 saturated heterocycles. The third-order valence-electron chi connectivity index (χ3n) is 3.95. The van der Waals surface area contributed by atoms with Crippen LogP contribution >= 0.6 is 0 Å². The van der Waals surface area contributed by atoms with Crippen molar-refractivity contribution >= 4 is 0 Å². The van der Waals surface area contributed by atoms with Gasteiger partial charge in [0.2, 0.25) is 0 Å². The summed E-state index contributed by atoms with van der Waals surface area (Å²) in [6, 6.07) is 12.7. The van der Waals surface area contributed by atoms with Crippen LogP contribution in [-0.2, 0) is 12.6 Å². The maximum atomic E-state index is 13.0. The molecule has 20 heavy (non-hydrogen) atoms. The van der Waals surface area contributed by atoms with Gasteiger partial charge in [-0.3, -0.25) is 0 Å². The van der Waals surface area contributed by atoms with Crippen molar-refractivity contribution in [2.45, 2.75) is 24.6 Å². The maximum Gasteiger partial charge on any atom is 0.416 e. The largest absolute Gasteiger partial charge is 0.416 e. The first-order chi connectivity index (χ1) is 9.48. The monoisotopic (exact) mass is 277 g/mol. The Hall–Kier alpha value is -1.81. The number of benzene rings is 2. The van der Waals surface area contributed by atoms with E-state index in [2.05, 4.69) is 0 Å². The van der Waals surface area contributed by atoms with Crippen molar-refractivity contribution in [1.29, 1.82) is 0 Å². The van der Waals surface area contributed by atoms with Gasteiger partial charge in [0.1, 0.15) is 0 Å². The first-order valence-corrected chi connectivity index (χ1v) is 6.48. The van der Waals surface area contributed by atoms with Gasteiger partial charge < -0.3 is 5.73 Å². The predicted molar refractivity (Wildman–Crippen MR) is 71.3 cm³/mol. The molecule has 2 atom stereocenters. The lowest BCUT2D eigenvalue weighted by Crippen LogP contribution is -2.30. The quantitative estimate of drug-likeness (QED) is 0.880. The highest BCUT2D eigenvalue weighted by atomic mass is 19.4. The molecule has 2 aromatic carbocycles. The molecule has 3 rings (SSSR count). The molecule has 1 aliphatic rings. The van der Waals surface area contributed by atoms with E-state index < -0.39 is 17.8 Å². The van der Waals surface area contributed by atoms with Crippen LogP contribution in [0.3, 0.4) is 0 Å². The van der Waals surface area contributed by atoms with E-state index in [0.29, 0.717) is 0 Å². The van der Waals surface area contributed by atoms with Crippen molar-refractivity contribution in [3.05, 3.63) is 70.8 Å². The summed E-state index contributed by atoms with van der Waals surface area (Å²) in [5.41, 5.74) is 7.91. The minimum atomic E-state index is -4.36. The van der Waals surface area contributed by atoms with Crippen LogP contribution < -0.4 is 5.73 Å². The van der Waals surface area contributed by atoms with Gasteiger partial charge in [0.05, 0.1) is 5.56 Å². The minimum Gasteiger partial charge on any atom is -0.323 e. The van der Waals surface area contributed by atoms with Crippen LogP contribution in [0.15, 0.2) is 48.5 Å². The summed E-state index contributed by atoms with van der Waals surface area (Å²) >= 11 is 0. The van der Waals surface area contributed by atoms with E-state index in [-0.39, 0.29) is 11.5 Å². The fraction of sp³-hybridized carbons (Fsp3) is 0.250. The van der Waals surface area contributed by atoms with Crippen molar-refractivity contribution in [2.75, 3.05) is 0 Å². The molecule has 0 fully saturated rings. The van der Waals surface area contributed by atoms with Gasteiger partial charge in [-0.05, 0) is 29.2 Å². The third-order valence-corrected chi connectivity index (χ3v) is 3.95. The molecule has 0 aromatic heterocycles. The first kappa shape index (κ1) is 13.2. The SMILES string of the molecule is NC(c1ccccc1C(F)(F)F)C1Cc2ccccc21. The molecule has 0 heterocycles. The summed E-state index contributed by atoms with van der Waals surface area (Å²) < 4.78 is 39.1. The van der Waals surface area contributed by atoms with Gasteiger partial charge in [0, 0.05) is 12.0 Å². The molecule has 2 unspecified atom stereocenters. The zero-order valence-electron chi connectivity index (χ0n) is 10.7. The topological polar surface area (TPSA) is 26.0 Å². The van der Waals surface area contributed by atoms with Gasteiger partial charge in [-0.15, -0.1) is 0 Å². The first-order valence-electron chi connectivity index (χ1n) is 6.48. The number of hydrogen-bond donors (Lipinski definition) is 1. The van der Waals surface area contributed by atoms with Gasteiger partial charge in [-0.25, -0.2) is 0 Å². The molecule has 0 saturated carbocycles. The Labute approximate surface area is 115 Å². The highest BCUT2D eigenvalue weighted by Crippen LogP contribution is 2.45. The Morgan fingerprint density at radius 3 is 2.35 bits per heavy atom. The number of halogens is 3. The molecule has 0 spiro atoms. The van der Waals surface area contributed by atoms with Crippen LogP contribution in [-0.4, -0.2) is 0 Å². The lowest BCUT2D eigenvalue weighted by molar-refractivity contribution is -0.138.